The van der Waals surface area contributed by atoms with E-state index in [0.717, 1.165) is 13.1 Å². The van der Waals surface area contributed by atoms with Crippen LogP contribution in [0.15, 0.2) is 30.5 Å². The van der Waals surface area contributed by atoms with Crippen LogP contribution in [0.4, 0.5) is 4.39 Å². The number of aliphatic hydroxyl groups excluding tert-OH is 1. The van der Waals surface area contributed by atoms with Gasteiger partial charge >= 0.3 is 0 Å². The molecule has 1 fully saturated rings. The fourth-order valence-electron chi connectivity index (χ4n) is 2.75. The Bertz CT molecular complexity index is 693. The molecular formula is C16H20FN5O2. The highest BCUT2D eigenvalue weighted by atomic mass is 19.1. The Hall–Kier alpha value is -2.32. The number of amides is 1. The van der Waals surface area contributed by atoms with Crippen molar-refractivity contribution in [3.63, 3.8) is 0 Å². The molecule has 7 nitrogen and oxygen atoms in total. The van der Waals surface area contributed by atoms with Crippen molar-refractivity contribution in [2.45, 2.75) is 13.0 Å². The average Bonchev–Trinajstić information content (AvgIpc) is 3.05. The molecule has 1 aromatic carbocycles. The minimum Gasteiger partial charge on any atom is -0.392 e. The van der Waals surface area contributed by atoms with Crippen LogP contribution in [0.25, 0.3) is 5.69 Å². The van der Waals surface area contributed by atoms with Crippen molar-refractivity contribution in [3.05, 3.63) is 42.0 Å². The van der Waals surface area contributed by atoms with Gasteiger partial charge in [-0.15, -0.1) is 5.10 Å². The van der Waals surface area contributed by atoms with Gasteiger partial charge in [-0.05, 0) is 31.2 Å². The molecule has 0 spiro atoms. The first-order valence-electron chi connectivity index (χ1n) is 7.91. The van der Waals surface area contributed by atoms with Crippen molar-refractivity contribution >= 4 is 5.91 Å². The predicted molar refractivity (Wildman–Crippen MR) is 85.3 cm³/mol. The van der Waals surface area contributed by atoms with Crippen molar-refractivity contribution in [2.24, 2.45) is 0 Å². The normalized spacial score (nSPS) is 17.0. The molecule has 0 bridgehead atoms. The van der Waals surface area contributed by atoms with Gasteiger partial charge in [0.15, 0.2) is 5.69 Å². The molecule has 1 atom stereocenters. The Morgan fingerprint density at radius 1 is 1.25 bits per heavy atom. The van der Waals surface area contributed by atoms with Crippen molar-refractivity contribution < 1.29 is 14.3 Å². The van der Waals surface area contributed by atoms with Gasteiger partial charge in [-0.2, -0.15) is 0 Å². The van der Waals surface area contributed by atoms with E-state index in [4.69, 9.17) is 0 Å². The lowest BCUT2D eigenvalue weighted by atomic mass is 10.2. The summed E-state index contributed by atoms with van der Waals surface area (Å²) in [5.74, 6) is -0.495. The molecule has 128 valence electrons. The van der Waals surface area contributed by atoms with E-state index in [0.29, 0.717) is 25.3 Å². The van der Waals surface area contributed by atoms with Gasteiger partial charge in [0.05, 0.1) is 18.0 Å². The third-order valence-electron chi connectivity index (χ3n) is 3.99. The lowest BCUT2D eigenvalue weighted by molar-refractivity contribution is 0.0549. The number of hydrogen-bond acceptors (Lipinski definition) is 5. The summed E-state index contributed by atoms with van der Waals surface area (Å²) in [5, 5.41) is 17.3. The van der Waals surface area contributed by atoms with Gasteiger partial charge in [0.2, 0.25) is 0 Å². The molecule has 0 unspecified atom stereocenters. The number of β-amino-alcohol motifs (C(OH)–C–C–N with tert-alkyl or cyclic N) is 1. The van der Waals surface area contributed by atoms with Crippen LogP contribution in [0.2, 0.25) is 0 Å². The van der Waals surface area contributed by atoms with E-state index < -0.39 is 0 Å². The van der Waals surface area contributed by atoms with E-state index in [2.05, 4.69) is 15.2 Å². The smallest absolute Gasteiger partial charge is 0.276 e. The summed E-state index contributed by atoms with van der Waals surface area (Å²) in [6.45, 7) is 5.00. The minimum absolute atomic E-state index is 0.167. The van der Waals surface area contributed by atoms with Crippen LogP contribution in [-0.2, 0) is 0 Å². The van der Waals surface area contributed by atoms with Gasteiger partial charge in [-0.3, -0.25) is 9.69 Å². The highest BCUT2D eigenvalue weighted by Crippen LogP contribution is 2.11. The number of piperazine rings is 1. The number of halogens is 1. The standard InChI is InChI=1S/C16H20FN5O2/c1-12(23)10-20-6-8-21(9-7-20)16(24)15-11-22(19-18-15)14-4-2-13(17)3-5-14/h2-5,11-12,23H,6-10H2,1H3/t12-/m1/s1. The number of nitrogens with zero attached hydrogens (tertiary/aromatic N) is 5. The molecule has 1 aromatic heterocycles. The molecule has 3 rings (SSSR count). The Balaban J connectivity index is 1.63. The van der Waals surface area contributed by atoms with Gasteiger partial charge < -0.3 is 10.0 Å². The number of carbonyl (C=O) groups is 1. The van der Waals surface area contributed by atoms with E-state index in [1.165, 1.54) is 16.8 Å². The van der Waals surface area contributed by atoms with Gasteiger partial charge in [0.25, 0.3) is 5.91 Å². The lowest BCUT2D eigenvalue weighted by Gasteiger charge is -2.34. The first kappa shape index (κ1) is 16.5. The molecule has 1 N–H and O–H groups in total. The van der Waals surface area contributed by atoms with Crippen molar-refractivity contribution in [3.8, 4) is 5.69 Å². The molecule has 1 amide bonds. The maximum absolute atomic E-state index is 13.0. The highest BCUT2D eigenvalue weighted by molar-refractivity contribution is 5.92. The second kappa shape index (κ2) is 7.06. The van der Waals surface area contributed by atoms with Gasteiger partial charge in [-0.25, -0.2) is 9.07 Å². The Morgan fingerprint density at radius 3 is 2.54 bits per heavy atom. The van der Waals surface area contributed by atoms with Crippen LogP contribution in [0.3, 0.4) is 0 Å². The van der Waals surface area contributed by atoms with E-state index in [1.54, 1.807) is 30.2 Å². The van der Waals surface area contributed by atoms with Crippen LogP contribution < -0.4 is 0 Å². The van der Waals surface area contributed by atoms with Gasteiger partial charge in [0.1, 0.15) is 5.82 Å². The largest absolute Gasteiger partial charge is 0.392 e. The highest BCUT2D eigenvalue weighted by Gasteiger charge is 2.24. The molecule has 8 heteroatoms. The second-order valence-electron chi connectivity index (χ2n) is 5.97. The first-order valence-corrected chi connectivity index (χ1v) is 7.91. The summed E-state index contributed by atoms with van der Waals surface area (Å²) in [4.78, 5) is 16.4. The van der Waals surface area contributed by atoms with Gasteiger partial charge in [0, 0.05) is 32.7 Å². The predicted octanol–water partition coefficient (Wildman–Crippen LogP) is 0.545. The average molecular weight is 333 g/mol. The summed E-state index contributed by atoms with van der Waals surface area (Å²) in [6.07, 6.45) is 1.18. The zero-order valence-electron chi connectivity index (χ0n) is 13.5. The van der Waals surface area contributed by atoms with Gasteiger partial charge in [-0.1, -0.05) is 5.21 Å². The van der Waals surface area contributed by atoms with Crippen LogP contribution in [0, 0.1) is 5.82 Å². The molecule has 2 aromatic rings. The van der Waals surface area contributed by atoms with Crippen LogP contribution in [-0.4, -0.2) is 74.6 Å². The maximum atomic E-state index is 13.0. The Morgan fingerprint density at radius 2 is 1.92 bits per heavy atom. The fraction of sp³-hybridized carbons (Fsp3) is 0.438. The minimum atomic E-state index is -0.372. The lowest BCUT2D eigenvalue weighted by Crippen LogP contribution is -2.50. The van der Waals surface area contributed by atoms with Crippen LogP contribution >= 0.6 is 0 Å². The number of rotatable bonds is 4. The molecule has 1 saturated heterocycles. The molecule has 1 aliphatic rings. The Labute approximate surface area is 139 Å². The summed E-state index contributed by atoms with van der Waals surface area (Å²) in [6, 6.07) is 5.82. The van der Waals surface area contributed by atoms with E-state index in [9.17, 15) is 14.3 Å². The monoisotopic (exact) mass is 333 g/mol. The van der Waals surface area contributed by atoms with Crippen molar-refractivity contribution in [2.75, 3.05) is 32.7 Å². The molecular weight excluding hydrogens is 313 g/mol. The number of hydrogen-bond donors (Lipinski definition) is 1. The Kier molecular flexibility index (Phi) is 4.86. The number of carbonyl (C=O) groups excluding carboxylic acids is 1. The second-order valence-corrected chi connectivity index (χ2v) is 5.97. The third-order valence-corrected chi connectivity index (χ3v) is 3.99. The van der Waals surface area contributed by atoms with Crippen LogP contribution in [0.5, 0.6) is 0 Å². The number of aliphatic hydroxyl groups is 1. The zero-order valence-corrected chi connectivity index (χ0v) is 13.5. The molecule has 1 aliphatic heterocycles. The van der Waals surface area contributed by atoms with E-state index in [-0.39, 0.29) is 23.5 Å². The van der Waals surface area contributed by atoms with E-state index >= 15 is 0 Å². The summed E-state index contributed by atoms with van der Waals surface area (Å²) >= 11 is 0. The summed E-state index contributed by atoms with van der Waals surface area (Å²) in [5.41, 5.74) is 0.910. The fourth-order valence-corrected chi connectivity index (χ4v) is 2.75. The molecule has 24 heavy (non-hydrogen) atoms. The van der Waals surface area contributed by atoms with Crippen LogP contribution in [0.1, 0.15) is 17.4 Å². The number of benzene rings is 1. The summed E-state index contributed by atoms with van der Waals surface area (Å²) < 4.78 is 14.4. The molecule has 0 radical (unpaired) electrons. The zero-order chi connectivity index (χ0) is 17.1. The SMILES string of the molecule is C[C@@H](O)CN1CCN(C(=O)c2cn(-c3ccc(F)cc3)nn2)CC1. The van der Waals surface area contributed by atoms with E-state index in [1.807, 2.05) is 0 Å². The maximum Gasteiger partial charge on any atom is 0.276 e. The first-order chi connectivity index (χ1) is 11.5. The molecule has 0 saturated carbocycles. The summed E-state index contributed by atoms with van der Waals surface area (Å²) in [7, 11) is 0. The molecule has 2 heterocycles. The topological polar surface area (TPSA) is 74.5 Å². The quantitative estimate of drug-likeness (QED) is 0.884. The molecule has 0 aliphatic carbocycles. The van der Waals surface area contributed by atoms with Crippen molar-refractivity contribution in [1.29, 1.82) is 0 Å². The third kappa shape index (κ3) is 3.77. The number of aromatic nitrogens is 3. The van der Waals surface area contributed by atoms with Crippen molar-refractivity contribution in [1.82, 2.24) is 24.8 Å².